The lowest BCUT2D eigenvalue weighted by Crippen LogP contribution is -2.31. The minimum absolute atomic E-state index is 0.179. The molecular weight excluding hydrogens is 270 g/mol. The van der Waals surface area contributed by atoms with Gasteiger partial charge in [0.2, 0.25) is 0 Å². The molecule has 0 aliphatic heterocycles. The summed E-state index contributed by atoms with van der Waals surface area (Å²) in [4.78, 5) is 5.71. The van der Waals surface area contributed by atoms with Gasteiger partial charge in [0.05, 0.1) is 5.02 Å². The highest BCUT2D eigenvalue weighted by Crippen LogP contribution is 2.20. The Morgan fingerprint density at radius 2 is 2.36 bits per heavy atom. The van der Waals surface area contributed by atoms with Crippen molar-refractivity contribution in [2.24, 2.45) is 0 Å². The summed E-state index contributed by atoms with van der Waals surface area (Å²) in [6.45, 7) is 1.98. The van der Waals surface area contributed by atoms with Crippen LogP contribution in [-0.4, -0.2) is 23.4 Å². The Balaban J connectivity index is 2.95. The van der Waals surface area contributed by atoms with Crippen molar-refractivity contribution in [2.45, 2.75) is 13.0 Å². The van der Waals surface area contributed by atoms with E-state index in [1.807, 2.05) is 6.92 Å². The fourth-order valence-corrected chi connectivity index (χ4v) is 1.56. The van der Waals surface area contributed by atoms with Gasteiger partial charge in [0.1, 0.15) is 0 Å². The number of rotatable bonds is 3. The zero-order chi connectivity index (χ0) is 10.7. The minimum atomic E-state index is -0.396. The van der Waals surface area contributed by atoms with Crippen LogP contribution in [0.1, 0.15) is 6.92 Å². The number of halogens is 3. The van der Waals surface area contributed by atoms with Gasteiger partial charge in [-0.1, -0.05) is 27.5 Å². The lowest BCUT2D eigenvalue weighted by molar-refractivity contribution is 0.606. The van der Waals surface area contributed by atoms with Gasteiger partial charge < -0.3 is 4.90 Å². The predicted octanol–water partition coefficient (Wildman–Crippen LogP) is 3.09. The quantitative estimate of drug-likeness (QED) is 0.792. The first-order valence-electron chi connectivity index (χ1n) is 4.16. The zero-order valence-corrected chi connectivity index (χ0v) is 10.3. The molecule has 14 heavy (non-hydrogen) atoms. The molecule has 78 valence electrons. The molecule has 0 aromatic carbocycles. The molecule has 0 saturated heterocycles. The Hall–Kier alpha value is -0.350. The van der Waals surface area contributed by atoms with E-state index in [1.165, 1.54) is 12.3 Å². The normalized spacial score (nSPS) is 12.6. The average Bonchev–Trinajstić information content (AvgIpc) is 2.15. The first-order chi connectivity index (χ1) is 6.56. The van der Waals surface area contributed by atoms with Crippen molar-refractivity contribution in [1.29, 1.82) is 0 Å². The average molecular weight is 282 g/mol. The van der Waals surface area contributed by atoms with E-state index in [0.29, 0.717) is 10.8 Å². The number of hydrogen-bond acceptors (Lipinski definition) is 2. The second kappa shape index (κ2) is 4.94. The molecule has 0 aliphatic rings. The molecule has 1 heterocycles. The molecule has 0 amide bonds. The maximum absolute atomic E-state index is 13.4. The maximum atomic E-state index is 13.4. The van der Waals surface area contributed by atoms with Gasteiger partial charge in [0, 0.05) is 24.6 Å². The highest BCUT2D eigenvalue weighted by Gasteiger charge is 2.14. The Kier molecular flexibility index (Phi) is 4.13. The van der Waals surface area contributed by atoms with Crippen LogP contribution in [0.2, 0.25) is 5.02 Å². The Labute approximate surface area is 96.2 Å². The summed E-state index contributed by atoms with van der Waals surface area (Å²) >= 11 is 8.94. The summed E-state index contributed by atoms with van der Waals surface area (Å²) < 4.78 is 13.4. The third-order valence-electron chi connectivity index (χ3n) is 2.01. The van der Waals surface area contributed by atoms with Gasteiger partial charge in [-0.25, -0.2) is 9.37 Å². The topological polar surface area (TPSA) is 16.1 Å². The van der Waals surface area contributed by atoms with Crippen LogP contribution in [0.3, 0.4) is 0 Å². The predicted molar refractivity (Wildman–Crippen MR) is 60.9 cm³/mol. The molecule has 1 aromatic rings. The Morgan fingerprint density at radius 1 is 1.71 bits per heavy atom. The van der Waals surface area contributed by atoms with Crippen LogP contribution < -0.4 is 4.90 Å². The van der Waals surface area contributed by atoms with Gasteiger partial charge in [-0.15, -0.1) is 0 Å². The summed E-state index contributed by atoms with van der Waals surface area (Å²) in [6.07, 6.45) is 1.44. The van der Waals surface area contributed by atoms with Crippen LogP contribution in [-0.2, 0) is 0 Å². The molecule has 0 fully saturated rings. The van der Waals surface area contributed by atoms with E-state index in [0.717, 1.165) is 5.33 Å². The van der Waals surface area contributed by atoms with Crippen LogP contribution in [0, 0.1) is 5.82 Å². The lowest BCUT2D eigenvalue weighted by Gasteiger charge is -2.24. The number of aromatic nitrogens is 1. The standard InChI is InChI=1S/C9H11BrClFN2/c1-6(4-10)14(2)9-8(12)3-7(11)5-13-9/h3,5-6H,4H2,1-2H3. The smallest absolute Gasteiger partial charge is 0.167 e. The number of nitrogens with zero attached hydrogens (tertiary/aromatic N) is 2. The van der Waals surface area contributed by atoms with Gasteiger partial charge in [0.15, 0.2) is 11.6 Å². The van der Waals surface area contributed by atoms with E-state index in [1.54, 1.807) is 11.9 Å². The van der Waals surface area contributed by atoms with Crippen LogP contribution in [0.4, 0.5) is 10.2 Å². The molecule has 2 nitrogen and oxygen atoms in total. The highest BCUT2D eigenvalue weighted by atomic mass is 79.9. The zero-order valence-electron chi connectivity index (χ0n) is 7.97. The monoisotopic (exact) mass is 280 g/mol. The number of pyridine rings is 1. The van der Waals surface area contributed by atoms with E-state index in [9.17, 15) is 4.39 Å². The number of hydrogen-bond donors (Lipinski definition) is 0. The van der Waals surface area contributed by atoms with E-state index in [-0.39, 0.29) is 6.04 Å². The van der Waals surface area contributed by atoms with E-state index < -0.39 is 5.82 Å². The van der Waals surface area contributed by atoms with E-state index >= 15 is 0 Å². The second-order valence-electron chi connectivity index (χ2n) is 3.07. The van der Waals surface area contributed by atoms with E-state index in [2.05, 4.69) is 20.9 Å². The fourth-order valence-electron chi connectivity index (χ4n) is 0.979. The number of anilines is 1. The highest BCUT2D eigenvalue weighted by molar-refractivity contribution is 9.09. The van der Waals surface area contributed by atoms with Crippen LogP contribution in [0.25, 0.3) is 0 Å². The molecule has 0 aliphatic carbocycles. The molecule has 0 N–H and O–H groups in total. The summed E-state index contributed by atoms with van der Waals surface area (Å²) in [5, 5.41) is 1.07. The summed E-state index contributed by atoms with van der Waals surface area (Å²) in [6, 6.07) is 1.44. The summed E-state index contributed by atoms with van der Waals surface area (Å²) in [5.74, 6) is -0.0749. The Bertz CT molecular complexity index is 322. The van der Waals surface area contributed by atoms with Crippen LogP contribution >= 0.6 is 27.5 Å². The molecule has 0 radical (unpaired) electrons. The van der Waals surface area contributed by atoms with E-state index in [4.69, 9.17) is 11.6 Å². The van der Waals surface area contributed by atoms with Crippen molar-refractivity contribution in [1.82, 2.24) is 4.98 Å². The largest absolute Gasteiger partial charge is 0.354 e. The molecule has 1 unspecified atom stereocenters. The fraction of sp³-hybridized carbons (Fsp3) is 0.444. The van der Waals surface area contributed by atoms with Crippen molar-refractivity contribution < 1.29 is 4.39 Å². The van der Waals surface area contributed by atoms with Crippen molar-refractivity contribution in [3.8, 4) is 0 Å². The minimum Gasteiger partial charge on any atom is -0.354 e. The molecule has 0 saturated carbocycles. The van der Waals surface area contributed by atoms with Gasteiger partial charge >= 0.3 is 0 Å². The van der Waals surface area contributed by atoms with Crippen LogP contribution in [0.15, 0.2) is 12.3 Å². The van der Waals surface area contributed by atoms with Gasteiger partial charge in [0.25, 0.3) is 0 Å². The molecule has 0 bridgehead atoms. The van der Waals surface area contributed by atoms with Gasteiger partial charge in [-0.2, -0.15) is 0 Å². The third-order valence-corrected chi connectivity index (χ3v) is 3.15. The first-order valence-corrected chi connectivity index (χ1v) is 5.66. The van der Waals surface area contributed by atoms with Gasteiger partial charge in [-0.3, -0.25) is 0 Å². The lowest BCUT2D eigenvalue weighted by atomic mass is 10.3. The van der Waals surface area contributed by atoms with Crippen molar-refractivity contribution in [3.63, 3.8) is 0 Å². The third kappa shape index (κ3) is 2.58. The maximum Gasteiger partial charge on any atom is 0.167 e. The summed E-state index contributed by atoms with van der Waals surface area (Å²) in [5.41, 5.74) is 0. The molecular formula is C9H11BrClFN2. The van der Waals surface area contributed by atoms with Crippen molar-refractivity contribution >= 4 is 33.3 Å². The Morgan fingerprint density at radius 3 is 2.86 bits per heavy atom. The van der Waals surface area contributed by atoms with Crippen LogP contribution in [0.5, 0.6) is 0 Å². The van der Waals surface area contributed by atoms with Crippen molar-refractivity contribution in [3.05, 3.63) is 23.1 Å². The SMILES string of the molecule is CC(CBr)N(C)c1ncc(Cl)cc1F. The second-order valence-corrected chi connectivity index (χ2v) is 4.16. The van der Waals surface area contributed by atoms with Crippen molar-refractivity contribution in [2.75, 3.05) is 17.3 Å². The number of alkyl halides is 1. The first kappa shape index (κ1) is 11.7. The molecule has 0 spiro atoms. The molecule has 1 rings (SSSR count). The van der Waals surface area contributed by atoms with Gasteiger partial charge in [-0.05, 0) is 13.0 Å². The molecule has 5 heteroatoms. The molecule has 1 aromatic heterocycles. The summed E-state index contributed by atoms with van der Waals surface area (Å²) in [7, 11) is 1.80. The molecule has 1 atom stereocenters.